The summed E-state index contributed by atoms with van der Waals surface area (Å²) in [6.45, 7) is 5.15. The van der Waals surface area contributed by atoms with Gasteiger partial charge in [0, 0.05) is 29.7 Å². The minimum atomic E-state index is -2.60. The summed E-state index contributed by atoms with van der Waals surface area (Å²) in [7, 11) is -2.60. The Morgan fingerprint density at radius 1 is 1.42 bits per heavy atom. The lowest BCUT2D eigenvalue weighted by Gasteiger charge is -2.05. The highest BCUT2D eigenvalue weighted by Gasteiger charge is 2.23. The minimum absolute atomic E-state index is 0.195. The highest BCUT2D eigenvalue weighted by molar-refractivity contribution is 6.41. The Kier molecular flexibility index (Phi) is 5.84. The van der Waals surface area contributed by atoms with Gasteiger partial charge in [0.2, 0.25) is 5.91 Å². The molecule has 0 bridgehead atoms. The number of aromatic nitrogens is 1. The van der Waals surface area contributed by atoms with Crippen molar-refractivity contribution in [1.82, 2.24) is 9.90 Å². The molecule has 24 heavy (non-hydrogen) atoms. The number of rotatable bonds is 6. The highest BCUT2D eigenvalue weighted by atomic mass is 19.2. The number of carbonyl (C=O) groups is 1. The van der Waals surface area contributed by atoms with Gasteiger partial charge in [-0.15, -0.1) is 0 Å². The summed E-state index contributed by atoms with van der Waals surface area (Å²) < 4.78 is 27.4. The van der Waals surface area contributed by atoms with Gasteiger partial charge < -0.3 is 4.48 Å². The second kappa shape index (κ2) is 7.85. The zero-order chi connectivity index (χ0) is 17.7. The average molecular weight is 332 g/mol. The van der Waals surface area contributed by atoms with E-state index in [9.17, 15) is 13.4 Å². The second-order valence-electron chi connectivity index (χ2n) is 5.43. The molecule has 2 heterocycles. The number of aliphatic imine (C=N–C) groups is 1. The first-order chi connectivity index (χ1) is 11.4. The van der Waals surface area contributed by atoms with Crippen LogP contribution in [0.15, 0.2) is 34.0 Å². The van der Waals surface area contributed by atoms with Crippen molar-refractivity contribution in [2.75, 3.05) is 0 Å². The van der Waals surface area contributed by atoms with Gasteiger partial charge in [-0.25, -0.2) is 5.43 Å². The summed E-state index contributed by atoms with van der Waals surface area (Å²) in [5.74, 6) is -0.195. The highest BCUT2D eigenvalue weighted by Crippen LogP contribution is 2.22. The van der Waals surface area contributed by atoms with Crippen LogP contribution in [-0.4, -0.2) is 29.7 Å². The molecular formula is C16H19BF2N4O. The SMILES string of the molecule is C/C=N/NC(=O)CCC1=N/C(=C\c2c(C)cc(C)n2B(F)F)C=C1. The molecule has 0 aromatic carbocycles. The number of allylic oxidation sites excluding steroid dienone is 2. The third-order valence-electron chi connectivity index (χ3n) is 3.59. The fourth-order valence-electron chi connectivity index (χ4n) is 2.49. The van der Waals surface area contributed by atoms with Gasteiger partial charge in [0.1, 0.15) is 0 Å². The molecule has 1 aliphatic heterocycles. The van der Waals surface area contributed by atoms with Crippen molar-refractivity contribution in [3.05, 3.63) is 40.9 Å². The first-order valence-corrected chi connectivity index (χ1v) is 7.62. The maximum atomic E-state index is 13.2. The monoisotopic (exact) mass is 332 g/mol. The number of carbonyl (C=O) groups excluding carboxylic acids is 1. The van der Waals surface area contributed by atoms with E-state index in [4.69, 9.17) is 0 Å². The van der Waals surface area contributed by atoms with Crippen molar-refractivity contribution in [2.45, 2.75) is 33.6 Å². The largest absolute Gasteiger partial charge is 0.677 e. The molecule has 1 N–H and O–H groups in total. The number of aryl methyl sites for hydroxylation is 2. The molecular weight excluding hydrogens is 313 g/mol. The zero-order valence-electron chi connectivity index (χ0n) is 13.9. The van der Waals surface area contributed by atoms with Crippen molar-refractivity contribution in [2.24, 2.45) is 10.1 Å². The van der Waals surface area contributed by atoms with E-state index < -0.39 is 7.40 Å². The summed E-state index contributed by atoms with van der Waals surface area (Å²) in [6, 6.07) is 1.72. The fraction of sp³-hybridized carbons (Fsp3) is 0.312. The van der Waals surface area contributed by atoms with E-state index in [1.807, 2.05) is 0 Å². The van der Waals surface area contributed by atoms with Gasteiger partial charge in [-0.3, -0.25) is 18.4 Å². The van der Waals surface area contributed by atoms with Crippen LogP contribution in [0.4, 0.5) is 8.63 Å². The maximum Gasteiger partial charge on any atom is 0.677 e. The van der Waals surface area contributed by atoms with Crippen LogP contribution < -0.4 is 5.43 Å². The molecule has 0 fully saturated rings. The topological polar surface area (TPSA) is 58.8 Å². The second-order valence-corrected chi connectivity index (χ2v) is 5.43. The van der Waals surface area contributed by atoms with Crippen LogP contribution >= 0.6 is 0 Å². The van der Waals surface area contributed by atoms with E-state index in [-0.39, 0.29) is 12.3 Å². The van der Waals surface area contributed by atoms with E-state index >= 15 is 0 Å². The van der Waals surface area contributed by atoms with E-state index in [0.717, 1.165) is 15.8 Å². The molecule has 1 aliphatic rings. The average Bonchev–Trinajstić information content (AvgIpc) is 3.08. The summed E-state index contributed by atoms with van der Waals surface area (Å²) >= 11 is 0. The lowest BCUT2D eigenvalue weighted by molar-refractivity contribution is -0.120. The molecule has 8 heteroatoms. The van der Waals surface area contributed by atoms with Crippen LogP contribution in [0.1, 0.15) is 36.7 Å². The normalized spacial score (nSPS) is 15.4. The summed E-state index contributed by atoms with van der Waals surface area (Å²) in [5.41, 5.74) is 5.45. The molecule has 0 atom stereocenters. The van der Waals surface area contributed by atoms with E-state index in [1.165, 1.54) is 6.21 Å². The molecule has 0 saturated heterocycles. The molecule has 126 valence electrons. The van der Waals surface area contributed by atoms with Gasteiger partial charge in [-0.1, -0.05) is 0 Å². The van der Waals surface area contributed by atoms with Crippen molar-refractivity contribution in [3.63, 3.8) is 0 Å². The molecule has 5 nitrogen and oxygen atoms in total. The maximum absolute atomic E-state index is 13.2. The van der Waals surface area contributed by atoms with Gasteiger partial charge >= 0.3 is 7.40 Å². The number of amides is 1. The van der Waals surface area contributed by atoms with Crippen LogP contribution in [-0.2, 0) is 4.79 Å². The molecule has 2 rings (SSSR count). The first kappa shape index (κ1) is 17.8. The Labute approximate surface area is 140 Å². The van der Waals surface area contributed by atoms with Crippen molar-refractivity contribution >= 4 is 31.3 Å². The number of hydrogen-bond donors (Lipinski definition) is 1. The molecule has 0 saturated carbocycles. The lowest BCUT2D eigenvalue weighted by Crippen LogP contribution is -2.17. The number of hydrazone groups is 1. The molecule has 0 radical (unpaired) electrons. The molecule has 0 spiro atoms. The van der Waals surface area contributed by atoms with Crippen LogP contribution in [0.25, 0.3) is 6.08 Å². The first-order valence-electron chi connectivity index (χ1n) is 7.62. The van der Waals surface area contributed by atoms with Gasteiger partial charge in [0.15, 0.2) is 0 Å². The number of nitrogens with zero attached hydrogens (tertiary/aromatic N) is 3. The quantitative estimate of drug-likeness (QED) is 0.486. The summed E-state index contributed by atoms with van der Waals surface area (Å²) in [6.07, 6.45) is 7.41. The Morgan fingerprint density at radius 2 is 2.17 bits per heavy atom. The predicted molar refractivity (Wildman–Crippen MR) is 93.4 cm³/mol. The van der Waals surface area contributed by atoms with Crippen molar-refractivity contribution < 1.29 is 13.4 Å². The molecule has 1 aromatic heterocycles. The fourth-order valence-corrected chi connectivity index (χ4v) is 2.49. The van der Waals surface area contributed by atoms with Gasteiger partial charge in [-0.2, -0.15) is 5.10 Å². The van der Waals surface area contributed by atoms with Crippen LogP contribution in [0, 0.1) is 13.8 Å². The van der Waals surface area contributed by atoms with E-state index in [1.54, 1.807) is 45.1 Å². The number of nitrogens with one attached hydrogen (secondary N) is 1. The Bertz CT molecular complexity index is 748. The number of halogens is 2. The standard InChI is InChI=1S/C16H19BF2N4O/c1-4-20-22-16(24)8-7-13-5-6-14(21-13)10-15-11(2)9-12(3)23(15)17(18)19/h4-6,9-10H,7-8H2,1-3H3,(H,22,24)/b14-10-,20-4+. The van der Waals surface area contributed by atoms with Crippen LogP contribution in [0.2, 0.25) is 0 Å². The van der Waals surface area contributed by atoms with E-state index in [0.29, 0.717) is 23.5 Å². The molecule has 0 unspecified atom stereocenters. The van der Waals surface area contributed by atoms with Crippen LogP contribution in [0.3, 0.4) is 0 Å². The Morgan fingerprint density at radius 3 is 2.83 bits per heavy atom. The third kappa shape index (κ3) is 4.28. The van der Waals surface area contributed by atoms with E-state index in [2.05, 4.69) is 15.5 Å². The molecule has 1 aromatic rings. The number of hydrogen-bond acceptors (Lipinski definition) is 3. The third-order valence-corrected chi connectivity index (χ3v) is 3.59. The Balaban J connectivity index is 2.10. The smallest absolute Gasteiger partial charge is 0.329 e. The summed E-state index contributed by atoms with van der Waals surface area (Å²) in [5, 5.41) is 3.66. The summed E-state index contributed by atoms with van der Waals surface area (Å²) in [4.78, 5) is 15.9. The van der Waals surface area contributed by atoms with Crippen molar-refractivity contribution in [3.8, 4) is 0 Å². The van der Waals surface area contributed by atoms with Gasteiger partial charge in [-0.05, 0) is 57.0 Å². The molecule has 1 amide bonds. The van der Waals surface area contributed by atoms with Crippen LogP contribution in [0.5, 0.6) is 0 Å². The lowest BCUT2D eigenvalue weighted by atomic mass is 10.1. The molecule has 0 aliphatic carbocycles. The Hall–Kier alpha value is -2.51. The predicted octanol–water partition coefficient (Wildman–Crippen LogP) is 3.13. The van der Waals surface area contributed by atoms with Crippen molar-refractivity contribution in [1.29, 1.82) is 0 Å². The minimum Gasteiger partial charge on any atom is -0.329 e. The van der Waals surface area contributed by atoms with Gasteiger partial charge in [0.25, 0.3) is 0 Å². The van der Waals surface area contributed by atoms with Gasteiger partial charge in [0.05, 0.1) is 5.70 Å². The zero-order valence-corrected chi connectivity index (χ0v) is 13.9.